The zero-order valence-electron chi connectivity index (χ0n) is 13.9. The van der Waals surface area contributed by atoms with Crippen LogP contribution >= 0.6 is 0 Å². The third-order valence-electron chi connectivity index (χ3n) is 5.01. The quantitative estimate of drug-likeness (QED) is 0.911. The summed E-state index contributed by atoms with van der Waals surface area (Å²) in [6.07, 6.45) is -0.297. The standard InChI is InChI=1S/C18H25F3N2O/c19-18(20,21)16-6-3-5-15(11-16)12-23-10-4-7-17(24,14-23)13-22-8-1-2-9-22/h3,5-6,11,24H,1-2,4,7-10,12-14H2/t17-/m0/s1. The first-order chi connectivity index (χ1) is 11.3. The topological polar surface area (TPSA) is 26.7 Å². The number of hydrogen-bond acceptors (Lipinski definition) is 3. The second kappa shape index (κ2) is 7.02. The molecular weight excluding hydrogens is 317 g/mol. The number of β-amino-alcohol motifs (C(OH)–C–C–N with tert-alkyl or cyclic N) is 1. The number of aliphatic hydroxyl groups is 1. The number of piperidine rings is 1. The number of halogens is 3. The Labute approximate surface area is 141 Å². The van der Waals surface area contributed by atoms with E-state index >= 15 is 0 Å². The lowest BCUT2D eigenvalue weighted by atomic mass is 9.92. The van der Waals surface area contributed by atoms with Crippen molar-refractivity contribution in [2.45, 2.75) is 44.0 Å². The molecule has 1 atom stereocenters. The maximum atomic E-state index is 12.8. The van der Waals surface area contributed by atoms with Gasteiger partial charge in [-0.25, -0.2) is 0 Å². The molecule has 0 aliphatic carbocycles. The van der Waals surface area contributed by atoms with Crippen LogP contribution in [0.1, 0.15) is 36.8 Å². The second-order valence-electron chi connectivity index (χ2n) is 7.22. The van der Waals surface area contributed by atoms with Crippen LogP contribution < -0.4 is 0 Å². The highest BCUT2D eigenvalue weighted by atomic mass is 19.4. The molecule has 2 fully saturated rings. The van der Waals surface area contributed by atoms with E-state index in [0.717, 1.165) is 38.5 Å². The van der Waals surface area contributed by atoms with Crippen LogP contribution in [0, 0.1) is 0 Å². The lowest BCUT2D eigenvalue weighted by Gasteiger charge is -2.41. The molecule has 2 saturated heterocycles. The van der Waals surface area contributed by atoms with Gasteiger partial charge in [0.15, 0.2) is 0 Å². The van der Waals surface area contributed by atoms with E-state index in [0.29, 0.717) is 25.2 Å². The van der Waals surface area contributed by atoms with Gasteiger partial charge in [-0.15, -0.1) is 0 Å². The minimum atomic E-state index is -4.31. The van der Waals surface area contributed by atoms with Gasteiger partial charge in [0, 0.05) is 19.6 Å². The third kappa shape index (κ3) is 4.49. The summed E-state index contributed by atoms with van der Waals surface area (Å²) in [7, 11) is 0. The van der Waals surface area contributed by atoms with Crippen LogP contribution in [-0.4, -0.2) is 53.2 Å². The highest BCUT2D eigenvalue weighted by Crippen LogP contribution is 2.30. The SMILES string of the molecule is O[C@]1(CN2CCCC2)CCCN(Cc2cccc(C(F)(F)F)c2)C1. The molecule has 2 heterocycles. The van der Waals surface area contributed by atoms with Gasteiger partial charge in [-0.2, -0.15) is 13.2 Å². The summed E-state index contributed by atoms with van der Waals surface area (Å²) < 4.78 is 38.5. The van der Waals surface area contributed by atoms with E-state index in [1.165, 1.54) is 25.0 Å². The smallest absolute Gasteiger partial charge is 0.387 e. The third-order valence-corrected chi connectivity index (χ3v) is 5.01. The first-order valence-electron chi connectivity index (χ1n) is 8.67. The molecule has 3 nitrogen and oxygen atoms in total. The van der Waals surface area contributed by atoms with Crippen molar-refractivity contribution in [3.8, 4) is 0 Å². The molecule has 24 heavy (non-hydrogen) atoms. The second-order valence-corrected chi connectivity index (χ2v) is 7.22. The average Bonchev–Trinajstić information content (AvgIpc) is 2.99. The van der Waals surface area contributed by atoms with Crippen molar-refractivity contribution < 1.29 is 18.3 Å². The average molecular weight is 342 g/mol. The lowest BCUT2D eigenvalue weighted by molar-refractivity contribution is -0.137. The first kappa shape index (κ1) is 17.7. The minimum absolute atomic E-state index is 0.451. The van der Waals surface area contributed by atoms with E-state index in [1.807, 2.05) is 0 Å². The van der Waals surface area contributed by atoms with Gasteiger partial charge >= 0.3 is 6.18 Å². The van der Waals surface area contributed by atoms with Gasteiger partial charge in [-0.05, 0) is 56.9 Å². The monoisotopic (exact) mass is 342 g/mol. The molecule has 2 aliphatic heterocycles. The highest BCUT2D eigenvalue weighted by molar-refractivity contribution is 5.25. The molecule has 0 aromatic heterocycles. The molecule has 1 N–H and O–H groups in total. The number of alkyl halides is 3. The summed E-state index contributed by atoms with van der Waals surface area (Å²) in [6, 6.07) is 5.50. The predicted molar refractivity (Wildman–Crippen MR) is 86.6 cm³/mol. The molecule has 1 aromatic rings. The van der Waals surface area contributed by atoms with Crippen molar-refractivity contribution in [1.82, 2.24) is 9.80 Å². The summed E-state index contributed by atoms with van der Waals surface area (Å²) in [5.41, 5.74) is -0.705. The predicted octanol–water partition coefficient (Wildman–Crippen LogP) is 3.13. The van der Waals surface area contributed by atoms with Crippen molar-refractivity contribution in [3.05, 3.63) is 35.4 Å². The summed E-state index contributed by atoms with van der Waals surface area (Å²) in [5, 5.41) is 10.9. The molecule has 2 aliphatic rings. The molecule has 6 heteroatoms. The van der Waals surface area contributed by atoms with Crippen LogP contribution in [0.5, 0.6) is 0 Å². The van der Waals surface area contributed by atoms with Crippen LogP contribution in [0.25, 0.3) is 0 Å². The summed E-state index contributed by atoms with van der Waals surface area (Å²) >= 11 is 0. The van der Waals surface area contributed by atoms with E-state index in [9.17, 15) is 18.3 Å². The number of rotatable bonds is 4. The van der Waals surface area contributed by atoms with Gasteiger partial charge in [0.2, 0.25) is 0 Å². The molecule has 0 radical (unpaired) electrons. The van der Waals surface area contributed by atoms with Gasteiger partial charge in [-0.1, -0.05) is 18.2 Å². The molecule has 0 spiro atoms. The van der Waals surface area contributed by atoms with Crippen LogP contribution in [-0.2, 0) is 12.7 Å². The van der Waals surface area contributed by atoms with Crippen LogP contribution in [0.2, 0.25) is 0 Å². The van der Waals surface area contributed by atoms with Crippen LogP contribution in [0.3, 0.4) is 0 Å². The largest absolute Gasteiger partial charge is 0.416 e. The molecule has 0 saturated carbocycles. The number of hydrogen-bond donors (Lipinski definition) is 1. The zero-order valence-corrected chi connectivity index (χ0v) is 13.9. The Kier molecular flexibility index (Phi) is 5.18. The van der Waals surface area contributed by atoms with Gasteiger partial charge in [-0.3, -0.25) is 4.90 Å². The van der Waals surface area contributed by atoms with Gasteiger partial charge in [0.05, 0.1) is 11.2 Å². The Morgan fingerprint density at radius 3 is 2.46 bits per heavy atom. The Morgan fingerprint density at radius 1 is 1.04 bits per heavy atom. The van der Waals surface area contributed by atoms with E-state index < -0.39 is 17.3 Å². The lowest BCUT2D eigenvalue weighted by Crippen LogP contribution is -2.53. The Hall–Kier alpha value is -1.11. The summed E-state index contributed by atoms with van der Waals surface area (Å²) in [5.74, 6) is 0. The van der Waals surface area contributed by atoms with Crippen LogP contribution in [0.4, 0.5) is 13.2 Å². The minimum Gasteiger partial charge on any atom is -0.387 e. The first-order valence-corrected chi connectivity index (χ1v) is 8.67. The van der Waals surface area contributed by atoms with Gasteiger partial charge in [0.1, 0.15) is 0 Å². The van der Waals surface area contributed by atoms with Crippen LogP contribution in [0.15, 0.2) is 24.3 Å². The molecule has 0 amide bonds. The van der Waals surface area contributed by atoms with E-state index in [2.05, 4.69) is 9.80 Å². The molecule has 3 rings (SSSR count). The van der Waals surface area contributed by atoms with E-state index in [1.54, 1.807) is 6.07 Å². The van der Waals surface area contributed by atoms with Crippen molar-refractivity contribution in [3.63, 3.8) is 0 Å². The number of benzene rings is 1. The Bertz CT molecular complexity index is 557. The summed E-state index contributed by atoms with van der Waals surface area (Å²) in [6.45, 7) is 4.54. The molecule has 0 bridgehead atoms. The Balaban J connectivity index is 1.62. The van der Waals surface area contributed by atoms with Crippen molar-refractivity contribution in [2.24, 2.45) is 0 Å². The highest BCUT2D eigenvalue weighted by Gasteiger charge is 2.36. The normalized spacial score (nSPS) is 26.8. The summed E-state index contributed by atoms with van der Waals surface area (Å²) in [4.78, 5) is 4.38. The maximum Gasteiger partial charge on any atom is 0.416 e. The van der Waals surface area contributed by atoms with E-state index in [4.69, 9.17) is 0 Å². The Morgan fingerprint density at radius 2 is 1.75 bits per heavy atom. The molecular formula is C18H25F3N2O. The van der Waals surface area contributed by atoms with E-state index in [-0.39, 0.29) is 0 Å². The van der Waals surface area contributed by atoms with Crippen molar-refractivity contribution in [1.29, 1.82) is 0 Å². The fourth-order valence-electron chi connectivity index (χ4n) is 3.93. The number of nitrogens with zero attached hydrogens (tertiary/aromatic N) is 2. The zero-order chi connectivity index (χ0) is 17.2. The molecule has 134 valence electrons. The number of likely N-dealkylation sites (tertiary alicyclic amines) is 2. The molecule has 1 aromatic carbocycles. The van der Waals surface area contributed by atoms with Crippen molar-refractivity contribution >= 4 is 0 Å². The fourth-order valence-corrected chi connectivity index (χ4v) is 3.93. The van der Waals surface area contributed by atoms with Gasteiger partial charge in [0.25, 0.3) is 0 Å². The fraction of sp³-hybridized carbons (Fsp3) is 0.667. The van der Waals surface area contributed by atoms with Gasteiger partial charge < -0.3 is 10.0 Å². The maximum absolute atomic E-state index is 12.8. The van der Waals surface area contributed by atoms with Crippen molar-refractivity contribution in [2.75, 3.05) is 32.7 Å². The molecule has 0 unspecified atom stereocenters.